The average Bonchev–Trinajstić information content (AvgIpc) is 2.86. The van der Waals surface area contributed by atoms with Crippen molar-refractivity contribution < 1.29 is 27.1 Å². The van der Waals surface area contributed by atoms with E-state index >= 15 is 0 Å². The SMILES string of the molecule is CCc1ccc(C(=O)c2cnc3cc(OC)c(OC)cc3c2S(=O)(=O)c2ccc(F)cc2)cc1. The van der Waals surface area contributed by atoms with E-state index in [9.17, 15) is 17.6 Å². The number of aryl methyl sites for hydroxylation is 1. The number of nitrogens with zero attached hydrogens (tertiary/aromatic N) is 1. The second-order valence-corrected chi connectivity index (χ2v) is 9.45. The Bertz CT molecular complexity index is 1480. The number of fused-ring (bicyclic) bond motifs is 1. The highest BCUT2D eigenvalue weighted by atomic mass is 32.2. The van der Waals surface area contributed by atoms with Crippen LogP contribution in [0.5, 0.6) is 11.5 Å². The third-order valence-electron chi connectivity index (χ3n) is 5.59. The molecule has 0 spiro atoms. The molecular formula is C26H22FNO5S. The van der Waals surface area contributed by atoms with E-state index < -0.39 is 21.4 Å². The van der Waals surface area contributed by atoms with Gasteiger partial charge in [0.15, 0.2) is 17.3 Å². The molecule has 8 heteroatoms. The highest BCUT2D eigenvalue weighted by molar-refractivity contribution is 7.91. The first-order chi connectivity index (χ1) is 16.3. The van der Waals surface area contributed by atoms with Gasteiger partial charge in [0.1, 0.15) is 5.82 Å². The summed E-state index contributed by atoms with van der Waals surface area (Å²) in [6, 6.07) is 14.5. The Kier molecular flexibility index (Phi) is 6.34. The summed E-state index contributed by atoms with van der Waals surface area (Å²) >= 11 is 0. The first kappa shape index (κ1) is 23.4. The van der Waals surface area contributed by atoms with Gasteiger partial charge in [0.25, 0.3) is 0 Å². The molecule has 6 nitrogen and oxygen atoms in total. The normalized spacial score (nSPS) is 11.4. The molecule has 0 aliphatic heterocycles. The molecule has 0 aliphatic rings. The topological polar surface area (TPSA) is 82.6 Å². The minimum Gasteiger partial charge on any atom is -0.493 e. The fourth-order valence-corrected chi connectivity index (χ4v) is 5.34. The molecule has 174 valence electrons. The van der Waals surface area contributed by atoms with Crippen LogP contribution in [-0.2, 0) is 16.3 Å². The number of pyridine rings is 1. The number of ether oxygens (including phenoxy) is 2. The number of carbonyl (C=O) groups excluding carboxylic acids is 1. The molecule has 0 aliphatic carbocycles. The monoisotopic (exact) mass is 479 g/mol. The molecule has 0 fully saturated rings. The Labute approximate surface area is 196 Å². The van der Waals surface area contributed by atoms with Crippen molar-refractivity contribution in [3.8, 4) is 11.5 Å². The van der Waals surface area contributed by atoms with Crippen molar-refractivity contribution >= 4 is 26.5 Å². The molecular weight excluding hydrogens is 457 g/mol. The van der Waals surface area contributed by atoms with Crippen LogP contribution >= 0.6 is 0 Å². The molecule has 0 bridgehead atoms. The van der Waals surface area contributed by atoms with Crippen LogP contribution in [0, 0.1) is 5.82 Å². The number of hydrogen-bond donors (Lipinski definition) is 0. The van der Waals surface area contributed by atoms with E-state index in [1.54, 1.807) is 18.2 Å². The van der Waals surface area contributed by atoms with E-state index in [1.807, 2.05) is 19.1 Å². The maximum absolute atomic E-state index is 13.8. The van der Waals surface area contributed by atoms with E-state index in [2.05, 4.69) is 4.98 Å². The van der Waals surface area contributed by atoms with E-state index in [0.717, 1.165) is 24.1 Å². The van der Waals surface area contributed by atoms with Gasteiger partial charge < -0.3 is 9.47 Å². The van der Waals surface area contributed by atoms with Crippen LogP contribution in [0.15, 0.2) is 76.7 Å². The Balaban J connectivity index is 2.03. The summed E-state index contributed by atoms with van der Waals surface area (Å²) in [6.45, 7) is 2.00. The molecule has 0 amide bonds. The zero-order chi connectivity index (χ0) is 24.5. The third kappa shape index (κ3) is 4.12. The lowest BCUT2D eigenvalue weighted by Gasteiger charge is -2.15. The minimum atomic E-state index is -4.25. The van der Waals surface area contributed by atoms with Gasteiger partial charge in [0.2, 0.25) is 9.84 Å². The molecule has 0 N–H and O–H groups in total. The van der Waals surface area contributed by atoms with Crippen LogP contribution in [0.1, 0.15) is 28.4 Å². The van der Waals surface area contributed by atoms with E-state index in [-0.39, 0.29) is 26.5 Å². The lowest BCUT2D eigenvalue weighted by Crippen LogP contribution is -2.13. The zero-order valence-electron chi connectivity index (χ0n) is 18.8. The van der Waals surface area contributed by atoms with Crippen molar-refractivity contribution in [1.82, 2.24) is 4.98 Å². The molecule has 1 heterocycles. The predicted molar refractivity (Wildman–Crippen MR) is 126 cm³/mol. The number of rotatable bonds is 7. The van der Waals surface area contributed by atoms with Crippen LogP contribution in [0.2, 0.25) is 0 Å². The summed E-state index contributed by atoms with van der Waals surface area (Å²) in [4.78, 5) is 17.5. The fourth-order valence-electron chi connectivity index (χ4n) is 3.72. The third-order valence-corrected chi connectivity index (χ3v) is 7.46. The number of hydrogen-bond acceptors (Lipinski definition) is 6. The minimum absolute atomic E-state index is 0.0895. The summed E-state index contributed by atoms with van der Waals surface area (Å²) in [5.41, 5.74) is 1.59. The Hall–Kier alpha value is -3.78. The number of aromatic nitrogens is 1. The van der Waals surface area contributed by atoms with Gasteiger partial charge >= 0.3 is 0 Å². The first-order valence-corrected chi connectivity index (χ1v) is 12.0. The number of methoxy groups -OCH3 is 2. The van der Waals surface area contributed by atoms with Crippen molar-refractivity contribution in [3.05, 3.63) is 89.4 Å². The molecule has 1 aromatic heterocycles. The molecule has 0 saturated heterocycles. The van der Waals surface area contributed by atoms with E-state index in [1.165, 1.54) is 38.6 Å². The molecule has 0 radical (unpaired) electrons. The summed E-state index contributed by atoms with van der Waals surface area (Å²) in [5.74, 6) is -0.420. The molecule has 34 heavy (non-hydrogen) atoms. The Morgan fingerprint density at radius 3 is 2.15 bits per heavy atom. The lowest BCUT2D eigenvalue weighted by molar-refractivity contribution is 0.103. The van der Waals surface area contributed by atoms with Crippen LogP contribution in [0.3, 0.4) is 0 Å². The van der Waals surface area contributed by atoms with Gasteiger partial charge in [-0.1, -0.05) is 31.2 Å². The number of sulfone groups is 1. The van der Waals surface area contributed by atoms with Gasteiger partial charge in [0.05, 0.1) is 35.1 Å². The van der Waals surface area contributed by atoms with Crippen LogP contribution in [0.4, 0.5) is 4.39 Å². The number of ketones is 1. The van der Waals surface area contributed by atoms with Gasteiger partial charge in [-0.15, -0.1) is 0 Å². The molecule has 0 saturated carbocycles. The molecule has 0 atom stereocenters. The van der Waals surface area contributed by atoms with Crippen molar-refractivity contribution in [3.63, 3.8) is 0 Å². The second kappa shape index (κ2) is 9.23. The smallest absolute Gasteiger partial charge is 0.208 e. The van der Waals surface area contributed by atoms with E-state index in [4.69, 9.17) is 9.47 Å². The van der Waals surface area contributed by atoms with Gasteiger partial charge in [-0.2, -0.15) is 0 Å². The standard InChI is InChI=1S/C26H22FNO5S/c1-4-16-5-7-17(8-6-16)25(29)21-15-28-22-14-24(33-3)23(32-2)13-20(22)26(21)34(30,31)19-11-9-18(27)10-12-19/h5-15H,4H2,1-3H3. The van der Waals surface area contributed by atoms with Crippen molar-refractivity contribution in [2.75, 3.05) is 14.2 Å². The maximum atomic E-state index is 13.8. The molecule has 4 aromatic rings. The maximum Gasteiger partial charge on any atom is 0.208 e. The molecule has 3 aromatic carbocycles. The number of carbonyl (C=O) groups is 1. The van der Waals surface area contributed by atoms with Crippen molar-refractivity contribution in [2.24, 2.45) is 0 Å². The van der Waals surface area contributed by atoms with Crippen molar-refractivity contribution in [2.45, 2.75) is 23.1 Å². The highest BCUT2D eigenvalue weighted by Gasteiger charge is 2.29. The summed E-state index contributed by atoms with van der Waals surface area (Å²) in [6.07, 6.45) is 2.05. The Morgan fingerprint density at radius 1 is 0.941 bits per heavy atom. The largest absolute Gasteiger partial charge is 0.493 e. The number of halogens is 1. The predicted octanol–water partition coefficient (Wildman–Crippen LogP) is 5.02. The summed E-state index contributed by atoms with van der Waals surface area (Å²) in [7, 11) is -1.37. The van der Waals surface area contributed by atoms with E-state index in [0.29, 0.717) is 16.8 Å². The second-order valence-electron chi connectivity index (χ2n) is 7.56. The average molecular weight is 480 g/mol. The van der Waals surface area contributed by atoms with Gasteiger partial charge in [-0.3, -0.25) is 9.78 Å². The van der Waals surface area contributed by atoms with Crippen molar-refractivity contribution in [1.29, 1.82) is 0 Å². The fraction of sp³-hybridized carbons (Fsp3) is 0.154. The van der Waals surface area contributed by atoms with Crippen LogP contribution in [0.25, 0.3) is 10.9 Å². The van der Waals surface area contributed by atoms with Gasteiger partial charge in [-0.05, 0) is 42.3 Å². The highest BCUT2D eigenvalue weighted by Crippen LogP contribution is 2.38. The number of benzene rings is 3. The molecule has 0 unspecified atom stereocenters. The summed E-state index contributed by atoms with van der Waals surface area (Å²) < 4.78 is 51.8. The van der Waals surface area contributed by atoms with Gasteiger partial charge in [0, 0.05) is 23.2 Å². The summed E-state index contributed by atoms with van der Waals surface area (Å²) in [5, 5.41) is 0.193. The Morgan fingerprint density at radius 2 is 1.56 bits per heavy atom. The van der Waals surface area contributed by atoms with Crippen LogP contribution in [-0.4, -0.2) is 33.4 Å². The lowest BCUT2D eigenvalue weighted by atomic mass is 10.0. The quantitative estimate of drug-likeness (QED) is 0.274. The van der Waals surface area contributed by atoms with Crippen LogP contribution < -0.4 is 9.47 Å². The van der Waals surface area contributed by atoms with Gasteiger partial charge in [-0.25, -0.2) is 12.8 Å². The molecule has 4 rings (SSSR count). The zero-order valence-corrected chi connectivity index (χ0v) is 19.6. The first-order valence-electron chi connectivity index (χ1n) is 10.5.